The van der Waals surface area contributed by atoms with Gasteiger partial charge in [-0.3, -0.25) is 9.69 Å². The number of nitrogens with zero attached hydrogens (tertiary/aromatic N) is 1. The number of halogens is 1. The second-order valence-electron chi connectivity index (χ2n) is 6.87. The van der Waals surface area contributed by atoms with E-state index in [1.807, 2.05) is 32.0 Å². The van der Waals surface area contributed by atoms with E-state index in [1.54, 1.807) is 7.11 Å². The fourth-order valence-electron chi connectivity index (χ4n) is 3.23. The number of methoxy groups -OCH3 is 1. The van der Waals surface area contributed by atoms with Crippen molar-refractivity contribution in [3.8, 4) is 5.75 Å². The number of para-hydroxylation sites is 1. The van der Waals surface area contributed by atoms with E-state index in [0.29, 0.717) is 6.54 Å². The molecule has 1 amide bonds. The third kappa shape index (κ3) is 5.87. The van der Waals surface area contributed by atoms with Gasteiger partial charge in [-0.05, 0) is 37.9 Å². The maximum atomic E-state index is 12.3. The zero-order valence-corrected chi connectivity index (χ0v) is 16.3. The van der Waals surface area contributed by atoms with Crippen LogP contribution >= 0.6 is 12.4 Å². The molecule has 2 rings (SSSR count). The normalized spacial score (nSPS) is 17.5. The number of nitrogens with one attached hydrogen (secondary N) is 1. The molecule has 0 aliphatic carbocycles. The van der Waals surface area contributed by atoms with Gasteiger partial charge in [-0.2, -0.15) is 0 Å². The number of rotatable bonds is 7. The topological polar surface area (TPSA) is 67.6 Å². The summed E-state index contributed by atoms with van der Waals surface area (Å²) in [7, 11) is 1.69. The molecule has 3 N–H and O–H groups in total. The van der Waals surface area contributed by atoms with Gasteiger partial charge in [0.1, 0.15) is 5.75 Å². The molecule has 1 unspecified atom stereocenters. The van der Waals surface area contributed by atoms with Gasteiger partial charge in [0, 0.05) is 12.1 Å². The SMILES string of the molecule is COc1ccccc1C(CNC(=O)[C@@H](N)C(C)C)N1CCCCC1.Cl. The molecule has 0 spiro atoms. The average molecular weight is 370 g/mol. The zero-order chi connectivity index (χ0) is 17.5. The number of carbonyl (C=O) groups excluding carboxylic acids is 1. The van der Waals surface area contributed by atoms with Gasteiger partial charge in [-0.15, -0.1) is 12.4 Å². The van der Waals surface area contributed by atoms with E-state index >= 15 is 0 Å². The standard InChI is InChI=1S/C19H31N3O2.ClH/c1-14(2)18(20)19(23)21-13-16(22-11-7-4-8-12-22)15-9-5-6-10-17(15)24-3;/h5-6,9-10,14,16,18H,4,7-8,11-13,20H2,1-3H3,(H,21,23);1H/t16?,18-;/m0./s1. The Morgan fingerprint density at radius 2 is 1.88 bits per heavy atom. The highest BCUT2D eigenvalue weighted by Crippen LogP contribution is 2.30. The summed E-state index contributed by atoms with van der Waals surface area (Å²) in [6.07, 6.45) is 3.68. The lowest BCUT2D eigenvalue weighted by Crippen LogP contribution is -2.47. The largest absolute Gasteiger partial charge is 0.496 e. The van der Waals surface area contributed by atoms with Crippen molar-refractivity contribution >= 4 is 18.3 Å². The Bertz CT molecular complexity index is 533. The summed E-state index contributed by atoms with van der Waals surface area (Å²) in [5.41, 5.74) is 7.09. The predicted octanol–water partition coefficient (Wildman–Crippen LogP) is 2.74. The molecule has 2 atom stereocenters. The van der Waals surface area contributed by atoms with Crippen LogP contribution in [0.3, 0.4) is 0 Å². The number of amides is 1. The Balaban J connectivity index is 0.00000312. The molecule has 0 saturated carbocycles. The van der Waals surface area contributed by atoms with Gasteiger partial charge in [0.25, 0.3) is 0 Å². The van der Waals surface area contributed by atoms with Crippen LogP contribution in [-0.4, -0.2) is 43.6 Å². The number of piperidine rings is 1. The van der Waals surface area contributed by atoms with Gasteiger partial charge in [-0.1, -0.05) is 38.5 Å². The molecule has 25 heavy (non-hydrogen) atoms. The van der Waals surface area contributed by atoms with Gasteiger partial charge in [0.2, 0.25) is 5.91 Å². The molecule has 1 heterocycles. The molecule has 0 radical (unpaired) electrons. The summed E-state index contributed by atoms with van der Waals surface area (Å²) < 4.78 is 5.55. The van der Waals surface area contributed by atoms with Gasteiger partial charge < -0.3 is 15.8 Å². The highest BCUT2D eigenvalue weighted by Gasteiger charge is 2.26. The van der Waals surface area contributed by atoms with Gasteiger partial charge in [0.05, 0.1) is 19.2 Å². The van der Waals surface area contributed by atoms with Crippen molar-refractivity contribution in [2.24, 2.45) is 11.7 Å². The third-order valence-corrected chi connectivity index (χ3v) is 4.82. The van der Waals surface area contributed by atoms with Crippen LogP contribution in [0.25, 0.3) is 0 Å². The molecular weight excluding hydrogens is 338 g/mol. The molecule has 6 heteroatoms. The van der Waals surface area contributed by atoms with E-state index in [9.17, 15) is 4.79 Å². The van der Waals surface area contributed by atoms with Crippen LogP contribution in [0.1, 0.15) is 44.7 Å². The van der Waals surface area contributed by atoms with Gasteiger partial charge in [-0.25, -0.2) is 0 Å². The van der Waals surface area contributed by atoms with Crippen molar-refractivity contribution in [2.75, 3.05) is 26.7 Å². The third-order valence-electron chi connectivity index (χ3n) is 4.82. The molecule has 1 aliphatic heterocycles. The minimum atomic E-state index is -0.468. The van der Waals surface area contributed by atoms with E-state index in [4.69, 9.17) is 10.5 Å². The number of likely N-dealkylation sites (tertiary alicyclic amines) is 1. The van der Waals surface area contributed by atoms with Crippen molar-refractivity contribution in [2.45, 2.75) is 45.2 Å². The fraction of sp³-hybridized carbons (Fsp3) is 0.632. The van der Waals surface area contributed by atoms with E-state index < -0.39 is 6.04 Å². The van der Waals surface area contributed by atoms with Crippen LogP contribution in [0.15, 0.2) is 24.3 Å². The Labute approximate surface area is 157 Å². The Kier molecular flexibility index (Phi) is 9.25. The van der Waals surface area contributed by atoms with Crippen LogP contribution in [0.4, 0.5) is 0 Å². The quantitative estimate of drug-likeness (QED) is 0.775. The summed E-state index contributed by atoms with van der Waals surface area (Å²) in [5.74, 6) is 0.919. The Morgan fingerprint density at radius 3 is 2.48 bits per heavy atom. The molecule has 1 aromatic rings. The van der Waals surface area contributed by atoms with Crippen LogP contribution in [0.2, 0.25) is 0 Å². The number of hydrogen-bond donors (Lipinski definition) is 2. The first-order valence-corrected chi connectivity index (χ1v) is 8.95. The maximum Gasteiger partial charge on any atom is 0.237 e. The molecule has 1 aromatic carbocycles. The lowest BCUT2D eigenvalue weighted by atomic mass is 10.00. The monoisotopic (exact) mass is 369 g/mol. The van der Waals surface area contributed by atoms with Crippen molar-refractivity contribution in [3.05, 3.63) is 29.8 Å². The number of hydrogen-bond acceptors (Lipinski definition) is 4. The molecule has 1 aliphatic rings. The minimum absolute atomic E-state index is 0. The van der Waals surface area contributed by atoms with Crippen molar-refractivity contribution < 1.29 is 9.53 Å². The summed E-state index contributed by atoms with van der Waals surface area (Å²) in [5, 5.41) is 3.05. The predicted molar refractivity (Wildman–Crippen MR) is 104 cm³/mol. The van der Waals surface area contributed by atoms with Gasteiger partial charge in [0.15, 0.2) is 0 Å². The van der Waals surface area contributed by atoms with E-state index in [0.717, 1.165) is 24.4 Å². The van der Waals surface area contributed by atoms with E-state index in [-0.39, 0.29) is 30.3 Å². The van der Waals surface area contributed by atoms with Crippen LogP contribution in [-0.2, 0) is 4.79 Å². The molecule has 0 aromatic heterocycles. The lowest BCUT2D eigenvalue weighted by Gasteiger charge is -2.35. The first-order valence-electron chi connectivity index (χ1n) is 8.95. The Morgan fingerprint density at radius 1 is 1.24 bits per heavy atom. The second-order valence-corrected chi connectivity index (χ2v) is 6.87. The lowest BCUT2D eigenvalue weighted by molar-refractivity contribution is -0.123. The van der Waals surface area contributed by atoms with E-state index in [1.165, 1.54) is 19.3 Å². The van der Waals surface area contributed by atoms with Crippen LogP contribution in [0, 0.1) is 5.92 Å². The smallest absolute Gasteiger partial charge is 0.237 e. The first kappa shape index (κ1) is 21.7. The number of carbonyl (C=O) groups is 1. The fourth-order valence-corrected chi connectivity index (χ4v) is 3.23. The highest BCUT2D eigenvalue weighted by atomic mass is 35.5. The molecule has 0 bridgehead atoms. The Hall–Kier alpha value is -1.30. The molecular formula is C19H32ClN3O2. The van der Waals surface area contributed by atoms with E-state index in [2.05, 4.69) is 16.3 Å². The van der Waals surface area contributed by atoms with Crippen LogP contribution < -0.4 is 15.8 Å². The summed E-state index contributed by atoms with van der Waals surface area (Å²) >= 11 is 0. The first-order chi connectivity index (χ1) is 11.5. The second kappa shape index (κ2) is 10.6. The van der Waals surface area contributed by atoms with Crippen molar-refractivity contribution in [1.29, 1.82) is 0 Å². The zero-order valence-electron chi connectivity index (χ0n) is 15.5. The molecule has 5 nitrogen and oxygen atoms in total. The van der Waals surface area contributed by atoms with Crippen molar-refractivity contribution in [3.63, 3.8) is 0 Å². The maximum absolute atomic E-state index is 12.3. The van der Waals surface area contributed by atoms with Crippen LogP contribution in [0.5, 0.6) is 5.75 Å². The molecule has 1 saturated heterocycles. The average Bonchev–Trinajstić information content (AvgIpc) is 2.62. The number of benzene rings is 1. The number of ether oxygens (including phenoxy) is 1. The highest BCUT2D eigenvalue weighted by molar-refractivity contribution is 5.85. The summed E-state index contributed by atoms with van der Waals surface area (Å²) in [6.45, 7) is 6.59. The number of nitrogens with two attached hydrogens (primary N) is 1. The summed E-state index contributed by atoms with van der Waals surface area (Å²) in [4.78, 5) is 14.7. The molecule has 1 fully saturated rings. The minimum Gasteiger partial charge on any atom is -0.496 e. The van der Waals surface area contributed by atoms with Gasteiger partial charge >= 0.3 is 0 Å². The molecule has 142 valence electrons. The summed E-state index contributed by atoms with van der Waals surface area (Å²) in [6, 6.07) is 7.72. The van der Waals surface area contributed by atoms with Crippen molar-refractivity contribution in [1.82, 2.24) is 10.2 Å².